The Labute approximate surface area is 118 Å². The fourth-order valence-corrected chi connectivity index (χ4v) is 2.71. The lowest BCUT2D eigenvalue weighted by Crippen LogP contribution is -1.99. The Morgan fingerprint density at radius 3 is 2.67 bits per heavy atom. The molecule has 5 heteroatoms. The maximum atomic E-state index is 13.4. The van der Waals surface area contributed by atoms with E-state index in [1.807, 2.05) is 19.9 Å². The summed E-state index contributed by atoms with van der Waals surface area (Å²) in [4.78, 5) is 7.50. The van der Waals surface area contributed by atoms with E-state index in [-0.39, 0.29) is 5.82 Å². The van der Waals surface area contributed by atoms with Crippen LogP contribution in [0.4, 0.5) is 4.39 Å². The molecule has 0 radical (unpaired) electrons. The van der Waals surface area contributed by atoms with Gasteiger partial charge in [-0.15, -0.1) is 0 Å². The number of rotatable bonds is 2. The Morgan fingerprint density at radius 2 is 2.11 bits per heavy atom. The van der Waals surface area contributed by atoms with E-state index in [4.69, 9.17) is 12.2 Å². The summed E-state index contributed by atoms with van der Waals surface area (Å²) in [5.74, 6) is 0.285. The van der Waals surface area contributed by atoms with Crippen molar-refractivity contribution in [3.8, 4) is 11.4 Å². The molecule has 0 aliphatic heterocycles. The molecule has 0 fully saturated rings. The summed E-state index contributed by atoms with van der Waals surface area (Å²) in [5, 5.41) is 0. The van der Waals surface area contributed by atoms with Crippen LogP contribution in [-0.4, -0.2) is 9.97 Å². The van der Waals surface area contributed by atoms with Gasteiger partial charge in [-0.3, -0.25) is 0 Å². The smallest absolute Gasteiger partial charge is 0.139 e. The molecule has 0 spiro atoms. The van der Waals surface area contributed by atoms with Gasteiger partial charge in [0, 0.05) is 21.3 Å². The predicted octanol–water partition coefficient (Wildman–Crippen LogP) is 4.58. The molecule has 0 bridgehead atoms. The minimum absolute atomic E-state index is 0.308. The number of nitrogens with zero attached hydrogens (tertiary/aromatic N) is 1. The Bertz CT molecular complexity index is 632. The summed E-state index contributed by atoms with van der Waals surface area (Å²) in [7, 11) is 0. The fourth-order valence-electron chi connectivity index (χ4n) is 1.85. The normalized spacial score (nSPS) is 10.7. The van der Waals surface area contributed by atoms with Crippen LogP contribution in [0.15, 0.2) is 22.7 Å². The molecule has 0 saturated carbocycles. The predicted molar refractivity (Wildman–Crippen MR) is 76.6 cm³/mol. The van der Waals surface area contributed by atoms with Crippen LogP contribution in [0.25, 0.3) is 11.4 Å². The van der Waals surface area contributed by atoms with Gasteiger partial charge in [0.05, 0.1) is 0 Å². The number of aromatic nitrogens is 2. The third-order valence-corrected chi connectivity index (χ3v) is 3.52. The van der Waals surface area contributed by atoms with Crippen LogP contribution in [0.5, 0.6) is 0 Å². The minimum Gasteiger partial charge on any atom is -0.343 e. The molecule has 1 heterocycles. The van der Waals surface area contributed by atoms with E-state index in [0.717, 1.165) is 17.7 Å². The van der Waals surface area contributed by atoms with Crippen LogP contribution in [0, 0.1) is 17.4 Å². The zero-order chi connectivity index (χ0) is 13.3. The molecule has 94 valence electrons. The van der Waals surface area contributed by atoms with Crippen molar-refractivity contribution in [2.45, 2.75) is 20.3 Å². The van der Waals surface area contributed by atoms with E-state index in [0.29, 0.717) is 20.5 Å². The third kappa shape index (κ3) is 2.67. The molecule has 18 heavy (non-hydrogen) atoms. The van der Waals surface area contributed by atoms with E-state index < -0.39 is 0 Å². The van der Waals surface area contributed by atoms with Gasteiger partial charge >= 0.3 is 0 Å². The van der Waals surface area contributed by atoms with Gasteiger partial charge in [0.2, 0.25) is 0 Å². The first-order chi connectivity index (χ1) is 8.51. The van der Waals surface area contributed by atoms with Crippen LogP contribution in [0.3, 0.4) is 0 Å². The second-order valence-corrected chi connectivity index (χ2v) is 5.31. The lowest BCUT2D eigenvalue weighted by molar-refractivity contribution is 0.627. The minimum atomic E-state index is -0.308. The molecule has 0 unspecified atom stereocenters. The molecule has 2 aromatic rings. The molecular weight excluding hydrogens is 315 g/mol. The molecule has 0 saturated heterocycles. The Kier molecular flexibility index (Phi) is 3.92. The molecule has 0 atom stereocenters. The van der Waals surface area contributed by atoms with Crippen molar-refractivity contribution in [2.75, 3.05) is 0 Å². The largest absolute Gasteiger partial charge is 0.343 e. The van der Waals surface area contributed by atoms with Gasteiger partial charge in [-0.25, -0.2) is 9.37 Å². The first-order valence-electron chi connectivity index (χ1n) is 5.57. The molecule has 2 nitrogen and oxygen atoms in total. The fraction of sp³-hybridized carbons (Fsp3) is 0.231. The number of nitrogens with one attached hydrogen (secondary N) is 1. The van der Waals surface area contributed by atoms with Gasteiger partial charge in [0.15, 0.2) is 0 Å². The standard InChI is InChI=1S/C13H12BrFN2S/c1-3-11-7(2)16-12(17-13(11)18)8-4-9(14)6-10(15)5-8/h4-6H,3H2,1-2H3,(H,16,17,18). The van der Waals surface area contributed by atoms with Crippen molar-refractivity contribution in [1.29, 1.82) is 0 Å². The van der Waals surface area contributed by atoms with Crippen LogP contribution in [0.2, 0.25) is 0 Å². The Hall–Kier alpha value is -1.07. The van der Waals surface area contributed by atoms with Crippen molar-refractivity contribution in [3.05, 3.63) is 44.4 Å². The highest BCUT2D eigenvalue weighted by Crippen LogP contribution is 2.23. The van der Waals surface area contributed by atoms with E-state index >= 15 is 0 Å². The van der Waals surface area contributed by atoms with Crippen molar-refractivity contribution in [3.63, 3.8) is 0 Å². The summed E-state index contributed by atoms with van der Waals surface area (Å²) in [6.45, 7) is 3.99. The van der Waals surface area contributed by atoms with Crippen LogP contribution >= 0.6 is 28.1 Å². The molecule has 0 aliphatic carbocycles. The topological polar surface area (TPSA) is 28.7 Å². The summed E-state index contributed by atoms with van der Waals surface area (Å²) >= 11 is 8.52. The summed E-state index contributed by atoms with van der Waals surface area (Å²) in [5.41, 5.74) is 2.69. The van der Waals surface area contributed by atoms with Gasteiger partial charge in [-0.2, -0.15) is 0 Å². The maximum Gasteiger partial charge on any atom is 0.139 e. The number of hydrogen-bond acceptors (Lipinski definition) is 2. The average Bonchev–Trinajstić information content (AvgIpc) is 2.27. The van der Waals surface area contributed by atoms with Crippen molar-refractivity contribution in [1.82, 2.24) is 9.97 Å². The summed E-state index contributed by atoms with van der Waals surface area (Å²) in [6, 6.07) is 4.65. The average molecular weight is 327 g/mol. The molecule has 1 aromatic carbocycles. The van der Waals surface area contributed by atoms with Crippen LogP contribution in [0.1, 0.15) is 18.2 Å². The number of benzene rings is 1. The van der Waals surface area contributed by atoms with Gasteiger partial charge in [-0.1, -0.05) is 35.1 Å². The third-order valence-electron chi connectivity index (χ3n) is 2.72. The highest BCUT2D eigenvalue weighted by atomic mass is 79.9. The van der Waals surface area contributed by atoms with Crippen LogP contribution in [-0.2, 0) is 6.42 Å². The van der Waals surface area contributed by atoms with E-state index in [1.54, 1.807) is 0 Å². The quantitative estimate of drug-likeness (QED) is 0.818. The lowest BCUT2D eigenvalue weighted by Gasteiger charge is -2.08. The zero-order valence-corrected chi connectivity index (χ0v) is 12.5. The molecular formula is C13H12BrFN2S. The van der Waals surface area contributed by atoms with E-state index in [1.165, 1.54) is 12.1 Å². The van der Waals surface area contributed by atoms with E-state index in [2.05, 4.69) is 25.9 Å². The summed E-state index contributed by atoms with van der Waals surface area (Å²) in [6.07, 6.45) is 0.835. The molecule has 0 aliphatic rings. The zero-order valence-electron chi connectivity index (χ0n) is 10.1. The monoisotopic (exact) mass is 326 g/mol. The SMILES string of the molecule is CCc1c(C)[nH]c(-c2cc(F)cc(Br)c2)nc1=S. The van der Waals surface area contributed by atoms with Crippen molar-refractivity contribution >= 4 is 28.1 Å². The number of halogens is 2. The molecule has 2 rings (SSSR count). The summed E-state index contributed by atoms with van der Waals surface area (Å²) < 4.78 is 14.6. The first kappa shape index (κ1) is 13.4. The maximum absolute atomic E-state index is 13.4. The van der Waals surface area contributed by atoms with Gasteiger partial charge < -0.3 is 4.98 Å². The number of aryl methyl sites for hydroxylation is 1. The van der Waals surface area contributed by atoms with Crippen molar-refractivity contribution in [2.24, 2.45) is 0 Å². The lowest BCUT2D eigenvalue weighted by atomic mass is 10.1. The van der Waals surface area contributed by atoms with Gasteiger partial charge in [0.1, 0.15) is 16.3 Å². The van der Waals surface area contributed by atoms with Crippen LogP contribution < -0.4 is 0 Å². The second kappa shape index (κ2) is 5.28. The van der Waals surface area contributed by atoms with Crippen molar-refractivity contribution < 1.29 is 4.39 Å². The van der Waals surface area contributed by atoms with Gasteiger partial charge in [-0.05, 0) is 31.5 Å². The number of H-pyrrole nitrogens is 1. The highest BCUT2D eigenvalue weighted by Gasteiger charge is 2.07. The van der Waals surface area contributed by atoms with E-state index in [9.17, 15) is 4.39 Å². The number of aromatic amines is 1. The number of hydrogen-bond donors (Lipinski definition) is 1. The molecule has 1 aromatic heterocycles. The van der Waals surface area contributed by atoms with Gasteiger partial charge in [0.25, 0.3) is 0 Å². The Balaban J connectivity index is 2.61. The second-order valence-electron chi connectivity index (χ2n) is 4.01. The molecule has 0 amide bonds. The molecule has 1 N–H and O–H groups in total. The first-order valence-corrected chi connectivity index (χ1v) is 6.77. The highest BCUT2D eigenvalue weighted by molar-refractivity contribution is 9.10. The Morgan fingerprint density at radius 1 is 1.39 bits per heavy atom.